The van der Waals surface area contributed by atoms with Crippen LogP contribution in [0.2, 0.25) is 0 Å². The summed E-state index contributed by atoms with van der Waals surface area (Å²) < 4.78 is 0. The molecule has 2 nitrogen and oxygen atoms in total. The molecular weight excluding hydrogens is 256 g/mol. The predicted octanol–water partition coefficient (Wildman–Crippen LogP) is 3.94. The van der Waals surface area contributed by atoms with Crippen molar-refractivity contribution in [1.29, 1.82) is 0 Å². The molecule has 0 bridgehead atoms. The van der Waals surface area contributed by atoms with Gasteiger partial charge in [-0.3, -0.25) is 0 Å². The molecule has 1 unspecified atom stereocenters. The normalized spacial score (nSPS) is 14.5. The Bertz CT molecular complexity index is 577. The van der Waals surface area contributed by atoms with E-state index in [1.54, 1.807) is 0 Å². The van der Waals surface area contributed by atoms with Crippen LogP contribution >= 0.6 is 0 Å². The van der Waals surface area contributed by atoms with Crippen LogP contribution in [-0.2, 0) is 13.0 Å². The molecule has 0 fully saturated rings. The molecule has 1 aliphatic rings. The predicted molar refractivity (Wildman–Crippen MR) is 89.8 cm³/mol. The third kappa shape index (κ3) is 3.45. The Labute approximate surface area is 127 Å². The van der Waals surface area contributed by atoms with Gasteiger partial charge in [0.1, 0.15) is 0 Å². The summed E-state index contributed by atoms with van der Waals surface area (Å²) in [6, 6.07) is 17.4. The SMILES string of the molecule is CC(CCNCc1cccc2c1NCC2)c1ccccc1. The average molecular weight is 280 g/mol. The first-order valence-electron chi connectivity index (χ1n) is 7.95. The van der Waals surface area contributed by atoms with Gasteiger partial charge in [-0.15, -0.1) is 0 Å². The van der Waals surface area contributed by atoms with E-state index in [4.69, 9.17) is 0 Å². The maximum Gasteiger partial charge on any atom is 0.0419 e. The zero-order valence-electron chi connectivity index (χ0n) is 12.7. The number of nitrogens with one attached hydrogen (secondary N) is 2. The van der Waals surface area contributed by atoms with Crippen LogP contribution < -0.4 is 10.6 Å². The van der Waals surface area contributed by atoms with Crippen LogP contribution in [0.15, 0.2) is 48.5 Å². The number of hydrogen-bond acceptors (Lipinski definition) is 2. The zero-order chi connectivity index (χ0) is 14.5. The van der Waals surface area contributed by atoms with E-state index in [1.165, 1.54) is 28.8 Å². The van der Waals surface area contributed by atoms with Gasteiger partial charge in [0.05, 0.1) is 0 Å². The van der Waals surface area contributed by atoms with Gasteiger partial charge in [-0.05, 0) is 42.0 Å². The fraction of sp³-hybridized carbons (Fsp3) is 0.368. The van der Waals surface area contributed by atoms with Crippen molar-refractivity contribution in [2.24, 2.45) is 0 Å². The van der Waals surface area contributed by atoms with Gasteiger partial charge >= 0.3 is 0 Å². The smallest absolute Gasteiger partial charge is 0.0419 e. The van der Waals surface area contributed by atoms with Crippen molar-refractivity contribution in [3.05, 3.63) is 65.2 Å². The highest BCUT2D eigenvalue weighted by Gasteiger charge is 2.13. The fourth-order valence-electron chi connectivity index (χ4n) is 3.05. The summed E-state index contributed by atoms with van der Waals surface area (Å²) in [5, 5.41) is 7.10. The summed E-state index contributed by atoms with van der Waals surface area (Å²) in [6.07, 6.45) is 2.33. The molecule has 0 spiro atoms. The highest BCUT2D eigenvalue weighted by molar-refractivity contribution is 5.61. The number of hydrogen-bond donors (Lipinski definition) is 2. The molecule has 2 aromatic rings. The summed E-state index contributed by atoms with van der Waals surface area (Å²) in [6.45, 7) is 5.40. The quantitative estimate of drug-likeness (QED) is 0.783. The molecule has 0 saturated carbocycles. The van der Waals surface area contributed by atoms with E-state index in [0.717, 1.165) is 26.1 Å². The third-order valence-corrected chi connectivity index (χ3v) is 4.37. The summed E-state index contributed by atoms with van der Waals surface area (Å²) in [5.74, 6) is 0.610. The molecule has 2 heteroatoms. The van der Waals surface area contributed by atoms with E-state index in [9.17, 15) is 0 Å². The van der Waals surface area contributed by atoms with Gasteiger partial charge in [0, 0.05) is 18.8 Å². The maximum absolute atomic E-state index is 3.59. The standard InChI is InChI=1S/C19H24N2/c1-15(16-6-3-2-4-7-16)10-12-20-14-18-9-5-8-17-11-13-21-19(17)18/h2-9,15,20-21H,10-14H2,1H3. The van der Waals surface area contributed by atoms with Crippen LogP contribution in [0.3, 0.4) is 0 Å². The van der Waals surface area contributed by atoms with E-state index < -0.39 is 0 Å². The van der Waals surface area contributed by atoms with E-state index in [-0.39, 0.29) is 0 Å². The molecule has 0 aromatic heterocycles. The number of fused-ring (bicyclic) bond motifs is 1. The van der Waals surface area contributed by atoms with Crippen LogP contribution in [0.1, 0.15) is 36.0 Å². The van der Waals surface area contributed by atoms with Crippen molar-refractivity contribution < 1.29 is 0 Å². The first kappa shape index (κ1) is 14.2. The lowest BCUT2D eigenvalue weighted by Crippen LogP contribution is -2.17. The molecule has 0 radical (unpaired) electrons. The molecule has 2 aromatic carbocycles. The van der Waals surface area contributed by atoms with Crippen molar-refractivity contribution in [1.82, 2.24) is 5.32 Å². The highest BCUT2D eigenvalue weighted by atomic mass is 14.9. The van der Waals surface area contributed by atoms with E-state index in [2.05, 4.69) is 66.1 Å². The molecule has 1 heterocycles. The van der Waals surface area contributed by atoms with Gasteiger partial charge in [0.15, 0.2) is 0 Å². The zero-order valence-corrected chi connectivity index (χ0v) is 12.7. The molecule has 0 aliphatic carbocycles. The molecule has 2 N–H and O–H groups in total. The molecule has 0 saturated heterocycles. The second-order valence-electron chi connectivity index (χ2n) is 5.91. The van der Waals surface area contributed by atoms with Crippen molar-refractivity contribution in [2.45, 2.75) is 32.2 Å². The van der Waals surface area contributed by atoms with Gasteiger partial charge in [0.2, 0.25) is 0 Å². The third-order valence-electron chi connectivity index (χ3n) is 4.37. The lowest BCUT2D eigenvalue weighted by atomic mass is 9.98. The van der Waals surface area contributed by atoms with Gasteiger partial charge in [0.25, 0.3) is 0 Å². The van der Waals surface area contributed by atoms with Gasteiger partial charge < -0.3 is 10.6 Å². The minimum absolute atomic E-state index is 0.610. The molecule has 21 heavy (non-hydrogen) atoms. The first-order valence-corrected chi connectivity index (χ1v) is 7.95. The highest BCUT2D eigenvalue weighted by Crippen LogP contribution is 2.26. The van der Waals surface area contributed by atoms with Crippen molar-refractivity contribution >= 4 is 5.69 Å². The van der Waals surface area contributed by atoms with E-state index in [0.29, 0.717) is 5.92 Å². The summed E-state index contributed by atoms with van der Waals surface area (Å²) in [5.41, 5.74) is 5.66. The van der Waals surface area contributed by atoms with Gasteiger partial charge in [-0.25, -0.2) is 0 Å². The lowest BCUT2D eigenvalue weighted by molar-refractivity contribution is 0.595. The summed E-state index contributed by atoms with van der Waals surface area (Å²) in [4.78, 5) is 0. The molecule has 110 valence electrons. The Balaban J connectivity index is 1.48. The van der Waals surface area contributed by atoms with E-state index >= 15 is 0 Å². The number of rotatable bonds is 6. The second-order valence-corrected chi connectivity index (χ2v) is 5.91. The van der Waals surface area contributed by atoms with Crippen LogP contribution in [0.25, 0.3) is 0 Å². The minimum Gasteiger partial charge on any atom is -0.384 e. The summed E-state index contributed by atoms with van der Waals surface area (Å²) >= 11 is 0. The van der Waals surface area contributed by atoms with E-state index in [1.807, 2.05) is 0 Å². The molecule has 0 amide bonds. The molecule has 1 aliphatic heterocycles. The monoisotopic (exact) mass is 280 g/mol. The molecule has 3 rings (SSSR count). The second kappa shape index (κ2) is 6.77. The lowest BCUT2D eigenvalue weighted by Gasteiger charge is -2.13. The minimum atomic E-state index is 0.610. The topological polar surface area (TPSA) is 24.1 Å². The van der Waals surface area contributed by atoms with Crippen LogP contribution in [-0.4, -0.2) is 13.1 Å². The van der Waals surface area contributed by atoms with Crippen LogP contribution in [0.5, 0.6) is 0 Å². The Kier molecular flexibility index (Phi) is 4.56. The average Bonchev–Trinajstić information content (AvgIpc) is 3.01. The first-order chi connectivity index (χ1) is 10.3. The van der Waals surface area contributed by atoms with Crippen molar-refractivity contribution in [3.63, 3.8) is 0 Å². The Hall–Kier alpha value is -1.80. The number of benzene rings is 2. The largest absolute Gasteiger partial charge is 0.384 e. The molecule has 1 atom stereocenters. The number of para-hydroxylation sites is 1. The molecular formula is C19H24N2. The fourth-order valence-corrected chi connectivity index (χ4v) is 3.05. The van der Waals surface area contributed by atoms with Crippen molar-refractivity contribution in [3.8, 4) is 0 Å². The number of anilines is 1. The van der Waals surface area contributed by atoms with Gasteiger partial charge in [-0.2, -0.15) is 0 Å². The summed E-state index contributed by atoms with van der Waals surface area (Å²) in [7, 11) is 0. The van der Waals surface area contributed by atoms with Crippen molar-refractivity contribution in [2.75, 3.05) is 18.4 Å². The van der Waals surface area contributed by atoms with Crippen LogP contribution in [0, 0.1) is 0 Å². The Morgan fingerprint density at radius 1 is 1.10 bits per heavy atom. The Morgan fingerprint density at radius 3 is 2.81 bits per heavy atom. The Morgan fingerprint density at radius 2 is 1.95 bits per heavy atom. The maximum atomic E-state index is 3.59. The van der Waals surface area contributed by atoms with Gasteiger partial charge in [-0.1, -0.05) is 55.5 Å². The van der Waals surface area contributed by atoms with Crippen LogP contribution in [0.4, 0.5) is 5.69 Å².